The third-order valence-electron chi connectivity index (χ3n) is 2.35. The molecule has 2 aromatic rings. The molecule has 0 aliphatic carbocycles. The Morgan fingerprint density at radius 3 is 2.71 bits per heavy atom. The summed E-state index contributed by atoms with van der Waals surface area (Å²) in [4.78, 5) is 3.98. The van der Waals surface area contributed by atoms with Gasteiger partial charge in [-0.1, -0.05) is 0 Å². The molecule has 90 valence electrons. The van der Waals surface area contributed by atoms with Crippen molar-refractivity contribution in [2.45, 2.75) is 4.90 Å². The molecule has 3 N–H and O–H groups in total. The summed E-state index contributed by atoms with van der Waals surface area (Å²) in [6, 6.07) is 4.73. The SMILES string of the molecule is CNS(=O)(=O)c1ccc(-n2ccnc2)cc1N. The number of imidazole rings is 1. The zero-order valence-corrected chi connectivity index (χ0v) is 9.98. The molecule has 0 spiro atoms. The topological polar surface area (TPSA) is 90.0 Å². The highest BCUT2D eigenvalue weighted by Gasteiger charge is 2.15. The highest BCUT2D eigenvalue weighted by molar-refractivity contribution is 7.89. The normalized spacial score (nSPS) is 11.6. The van der Waals surface area contributed by atoms with E-state index in [1.165, 1.54) is 13.1 Å². The van der Waals surface area contributed by atoms with E-state index in [0.717, 1.165) is 5.69 Å². The summed E-state index contributed by atoms with van der Waals surface area (Å²) in [5.41, 5.74) is 6.70. The molecule has 0 aliphatic rings. The molecule has 7 heteroatoms. The maximum absolute atomic E-state index is 11.6. The van der Waals surface area contributed by atoms with E-state index in [-0.39, 0.29) is 10.6 Å². The summed E-state index contributed by atoms with van der Waals surface area (Å²) in [7, 11) is -2.17. The number of anilines is 1. The van der Waals surface area contributed by atoms with Crippen LogP contribution in [0.3, 0.4) is 0 Å². The summed E-state index contributed by atoms with van der Waals surface area (Å²) in [5, 5.41) is 0. The first-order valence-electron chi connectivity index (χ1n) is 4.86. The summed E-state index contributed by atoms with van der Waals surface area (Å²) in [5.74, 6) is 0. The number of hydrogen-bond acceptors (Lipinski definition) is 4. The number of benzene rings is 1. The Labute approximate surface area is 99.1 Å². The number of hydrogen-bond donors (Lipinski definition) is 2. The van der Waals surface area contributed by atoms with Gasteiger partial charge in [-0.05, 0) is 25.2 Å². The van der Waals surface area contributed by atoms with E-state index in [9.17, 15) is 8.42 Å². The molecular formula is C10H12N4O2S. The number of nitrogens with zero attached hydrogens (tertiary/aromatic N) is 2. The van der Waals surface area contributed by atoms with Gasteiger partial charge >= 0.3 is 0 Å². The van der Waals surface area contributed by atoms with Gasteiger partial charge in [0.25, 0.3) is 0 Å². The molecule has 6 nitrogen and oxygen atoms in total. The van der Waals surface area contributed by atoms with E-state index < -0.39 is 10.0 Å². The monoisotopic (exact) mass is 252 g/mol. The van der Waals surface area contributed by atoms with Crippen LogP contribution in [0.4, 0.5) is 5.69 Å². The van der Waals surface area contributed by atoms with Gasteiger partial charge in [0.15, 0.2) is 0 Å². The van der Waals surface area contributed by atoms with E-state index >= 15 is 0 Å². The Hall–Kier alpha value is -1.86. The van der Waals surface area contributed by atoms with E-state index in [2.05, 4.69) is 9.71 Å². The average molecular weight is 252 g/mol. The van der Waals surface area contributed by atoms with Crippen LogP contribution in [0.15, 0.2) is 41.8 Å². The average Bonchev–Trinajstić information content (AvgIpc) is 2.82. The van der Waals surface area contributed by atoms with Gasteiger partial charge in [0.2, 0.25) is 10.0 Å². The molecule has 0 unspecified atom stereocenters. The smallest absolute Gasteiger partial charge is 0.242 e. The van der Waals surface area contributed by atoms with E-state index in [1.54, 1.807) is 35.4 Å². The van der Waals surface area contributed by atoms with E-state index in [1.807, 2.05) is 0 Å². The summed E-state index contributed by atoms with van der Waals surface area (Å²) < 4.78 is 27.2. The molecule has 17 heavy (non-hydrogen) atoms. The van der Waals surface area contributed by atoms with Gasteiger partial charge in [0.05, 0.1) is 12.0 Å². The Balaban J connectivity index is 2.50. The minimum Gasteiger partial charge on any atom is -0.398 e. The van der Waals surface area contributed by atoms with Gasteiger partial charge < -0.3 is 10.3 Å². The third-order valence-corrected chi connectivity index (χ3v) is 3.84. The van der Waals surface area contributed by atoms with Gasteiger partial charge in [0, 0.05) is 18.1 Å². The lowest BCUT2D eigenvalue weighted by Gasteiger charge is -2.08. The standard InChI is InChI=1S/C10H12N4O2S/c1-12-17(15,16)10-3-2-8(6-9(10)11)14-5-4-13-7-14/h2-7,12H,11H2,1H3. The second kappa shape index (κ2) is 4.19. The Morgan fingerprint density at radius 1 is 1.41 bits per heavy atom. The largest absolute Gasteiger partial charge is 0.398 e. The molecular weight excluding hydrogens is 240 g/mol. The van der Waals surface area contributed by atoms with Gasteiger partial charge in [-0.25, -0.2) is 18.1 Å². The van der Waals surface area contributed by atoms with E-state index in [0.29, 0.717) is 0 Å². The lowest BCUT2D eigenvalue weighted by atomic mass is 10.3. The molecule has 0 amide bonds. The maximum atomic E-state index is 11.6. The maximum Gasteiger partial charge on any atom is 0.242 e. The fourth-order valence-electron chi connectivity index (χ4n) is 1.46. The molecule has 0 fully saturated rings. The Morgan fingerprint density at radius 2 is 2.18 bits per heavy atom. The Kier molecular flexibility index (Phi) is 2.86. The number of sulfonamides is 1. The summed E-state index contributed by atoms with van der Waals surface area (Å²) in [6.07, 6.45) is 5.00. The van der Waals surface area contributed by atoms with Crippen molar-refractivity contribution < 1.29 is 8.42 Å². The molecule has 1 aromatic heterocycles. The molecule has 0 atom stereocenters. The van der Waals surface area contributed by atoms with Crippen molar-refractivity contribution in [1.29, 1.82) is 0 Å². The molecule has 0 saturated carbocycles. The van der Waals surface area contributed by atoms with Crippen molar-refractivity contribution in [3.63, 3.8) is 0 Å². The highest BCUT2D eigenvalue weighted by atomic mass is 32.2. The molecule has 1 aromatic carbocycles. The third kappa shape index (κ3) is 2.15. The fourth-order valence-corrected chi connectivity index (χ4v) is 2.30. The molecule has 1 heterocycles. The highest BCUT2D eigenvalue weighted by Crippen LogP contribution is 2.21. The van der Waals surface area contributed by atoms with Crippen LogP contribution in [0.25, 0.3) is 5.69 Å². The predicted octanol–water partition coefficient (Wildman–Crippen LogP) is 0.363. The zero-order valence-electron chi connectivity index (χ0n) is 9.16. The van der Waals surface area contributed by atoms with Crippen LogP contribution in [-0.4, -0.2) is 25.0 Å². The zero-order chi connectivity index (χ0) is 12.5. The van der Waals surface area contributed by atoms with Crippen molar-refractivity contribution in [1.82, 2.24) is 14.3 Å². The van der Waals surface area contributed by atoms with Crippen molar-refractivity contribution >= 4 is 15.7 Å². The van der Waals surface area contributed by atoms with Crippen LogP contribution >= 0.6 is 0 Å². The fraction of sp³-hybridized carbons (Fsp3) is 0.100. The summed E-state index contributed by atoms with van der Waals surface area (Å²) in [6.45, 7) is 0. The number of nitrogens with two attached hydrogens (primary N) is 1. The first-order valence-corrected chi connectivity index (χ1v) is 6.34. The molecule has 0 bridgehead atoms. The van der Waals surface area contributed by atoms with Crippen LogP contribution in [0, 0.1) is 0 Å². The first kappa shape index (κ1) is 11.6. The van der Waals surface area contributed by atoms with Crippen LogP contribution in [0.2, 0.25) is 0 Å². The predicted molar refractivity (Wildman–Crippen MR) is 64.2 cm³/mol. The van der Waals surface area contributed by atoms with Crippen molar-refractivity contribution in [2.75, 3.05) is 12.8 Å². The molecule has 2 rings (SSSR count). The second-order valence-corrected chi connectivity index (χ2v) is 5.25. The number of nitrogens with one attached hydrogen (secondary N) is 1. The minimum atomic E-state index is -3.51. The van der Waals surface area contributed by atoms with Crippen LogP contribution in [0.1, 0.15) is 0 Å². The summed E-state index contributed by atoms with van der Waals surface area (Å²) >= 11 is 0. The van der Waals surface area contributed by atoms with Gasteiger partial charge in [-0.3, -0.25) is 0 Å². The Bertz CT molecular complexity index is 620. The number of rotatable bonds is 3. The van der Waals surface area contributed by atoms with Crippen LogP contribution < -0.4 is 10.5 Å². The lowest BCUT2D eigenvalue weighted by molar-refractivity contribution is 0.588. The molecule has 0 aliphatic heterocycles. The van der Waals surface area contributed by atoms with Gasteiger partial charge in [-0.2, -0.15) is 0 Å². The van der Waals surface area contributed by atoms with Gasteiger partial charge in [0.1, 0.15) is 4.90 Å². The number of nitrogen functional groups attached to an aromatic ring is 1. The number of aromatic nitrogens is 2. The second-order valence-electron chi connectivity index (χ2n) is 3.40. The van der Waals surface area contributed by atoms with E-state index in [4.69, 9.17) is 5.73 Å². The van der Waals surface area contributed by atoms with Gasteiger partial charge in [-0.15, -0.1) is 0 Å². The van der Waals surface area contributed by atoms with Crippen molar-refractivity contribution in [3.8, 4) is 5.69 Å². The van der Waals surface area contributed by atoms with Crippen molar-refractivity contribution in [2.24, 2.45) is 0 Å². The lowest BCUT2D eigenvalue weighted by Crippen LogP contribution is -2.20. The van der Waals surface area contributed by atoms with Crippen LogP contribution in [-0.2, 0) is 10.0 Å². The molecule has 0 saturated heterocycles. The van der Waals surface area contributed by atoms with Crippen molar-refractivity contribution in [3.05, 3.63) is 36.9 Å². The quantitative estimate of drug-likeness (QED) is 0.772. The molecule has 0 radical (unpaired) electrons. The first-order chi connectivity index (χ1) is 8.04. The minimum absolute atomic E-state index is 0.0730. The van der Waals surface area contributed by atoms with Crippen LogP contribution in [0.5, 0.6) is 0 Å².